The molecular formula is C24H27N5O2. The molecule has 1 saturated heterocycles. The predicted octanol–water partition coefficient (Wildman–Crippen LogP) is 4.72. The molecule has 3 N–H and O–H groups in total. The summed E-state index contributed by atoms with van der Waals surface area (Å²) in [6.45, 7) is 4.92. The number of benzene rings is 2. The maximum absolute atomic E-state index is 10.7. The lowest BCUT2D eigenvalue weighted by atomic mass is 10.1. The summed E-state index contributed by atoms with van der Waals surface area (Å²) >= 11 is 0. The Bertz CT molecular complexity index is 1160. The number of rotatable bonds is 5. The molecule has 3 heterocycles. The van der Waals surface area contributed by atoms with Crippen molar-refractivity contribution in [1.82, 2.24) is 9.97 Å². The molecule has 0 radical (unpaired) electrons. The quantitative estimate of drug-likeness (QED) is 0.559. The van der Waals surface area contributed by atoms with Crippen molar-refractivity contribution in [3.63, 3.8) is 0 Å². The molecule has 0 saturated carbocycles. The molecule has 0 spiro atoms. The first-order valence-electron chi connectivity index (χ1n) is 10.9. The lowest BCUT2D eigenvalue weighted by molar-refractivity contribution is 0.340. The van der Waals surface area contributed by atoms with Crippen molar-refractivity contribution in [2.45, 2.75) is 26.2 Å². The number of hydrogen-bond donors (Lipinski definition) is 3. The smallest absolute Gasteiger partial charge is 0.145 e. The van der Waals surface area contributed by atoms with Gasteiger partial charge in [0, 0.05) is 30.5 Å². The number of H-pyrrole nitrogens is 1. The van der Waals surface area contributed by atoms with Gasteiger partial charge in [-0.05, 0) is 56.5 Å². The molecule has 0 bridgehead atoms. The first-order valence-corrected chi connectivity index (χ1v) is 10.9. The van der Waals surface area contributed by atoms with Crippen molar-refractivity contribution >= 4 is 33.8 Å². The summed E-state index contributed by atoms with van der Waals surface area (Å²) in [5, 5.41) is 19.4. The third kappa shape index (κ3) is 3.60. The third-order valence-corrected chi connectivity index (χ3v) is 5.97. The molecule has 0 amide bonds. The van der Waals surface area contributed by atoms with Crippen molar-refractivity contribution in [3.05, 3.63) is 54.0 Å². The van der Waals surface area contributed by atoms with Crippen LogP contribution in [0.4, 0.5) is 11.4 Å². The highest BCUT2D eigenvalue weighted by Crippen LogP contribution is 2.33. The number of aromatic nitrogens is 2. The molecule has 31 heavy (non-hydrogen) atoms. The SMILES string of the molecule is CCOc1cccc(N2CC(O)=C(c3nc4ccc(N5CCCCC5)cc4[nH]3)C2=N)c1. The van der Waals surface area contributed by atoms with Crippen LogP contribution < -0.4 is 14.5 Å². The number of hydrogen-bond acceptors (Lipinski definition) is 5. The summed E-state index contributed by atoms with van der Waals surface area (Å²) < 4.78 is 5.58. The lowest BCUT2D eigenvalue weighted by Gasteiger charge is -2.28. The number of ether oxygens (including phenoxy) is 1. The van der Waals surface area contributed by atoms with Gasteiger partial charge < -0.3 is 24.6 Å². The van der Waals surface area contributed by atoms with E-state index in [1.807, 2.05) is 37.3 Å². The number of piperidine rings is 1. The molecule has 1 fully saturated rings. The van der Waals surface area contributed by atoms with Crippen molar-refractivity contribution < 1.29 is 9.84 Å². The van der Waals surface area contributed by atoms with Gasteiger partial charge in [-0.1, -0.05) is 6.07 Å². The zero-order valence-electron chi connectivity index (χ0n) is 17.7. The number of anilines is 2. The first kappa shape index (κ1) is 19.5. The number of aliphatic hydroxyl groups is 1. The van der Waals surface area contributed by atoms with Gasteiger partial charge in [-0.15, -0.1) is 0 Å². The second kappa shape index (κ2) is 7.98. The number of nitrogens with one attached hydrogen (secondary N) is 2. The summed E-state index contributed by atoms with van der Waals surface area (Å²) in [5.74, 6) is 1.63. The molecule has 1 aromatic heterocycles. The van der Waals surface area contributed by atoms with Gasteiger partial charge in [0.15, 0.2) is 0 Å². The fourth-order valence-corrected chi connectivity index (χ4v) is 4.42. The molecule has 0 aliphatic carbocycles. The minimum Gasteiger partial charge on any atom is -0.509 e. The van der Waals surface area contributed by atoms with Crippen LogP contribution in [0.2, 0.25) is 0 Å². The monoisotopic (exact) mass is 417 g/mol. The second-order valence-corrected chi connectivity index (χ2v) is 8.02. The summed E-state index contributed by atoms with van der Waals surface area (Å²) in [6.07, 6.45) is 3.75. The van der Waals surface area contributed by atoms with Gasteiger partial charge in [-0.2, -0.15) is 0 Å². The average molecular weight is 418 g/mol. The second-order valence-electron chi connectivity index (χ2n) is 8.02. The van der Waals surface area contributed by atoms with E-state index in [-0.39, 0.29) is 18.1 Å². The Labute approximate surface area is 181 Å². The molecule has 3 aromatic rings. The summed E-state index contributed by atoms with van der Waals surface area (Å²) in [6, 6.07) is 13.8. The highest BCUT2D eigenvalue weighted by molar-refractivity contribution is 6.30. The predicted molar refractivity (Wildman–Crippen MR) is 124 cm³/mol. The van der Waals surface area contributed by atoms with Gasteiger partial charge >= 0.3 is 0 Å². The van der Waals surface area contributed by atoms with Crippen molar-refractivity contribution in [3.8, 4) is 5.75 Å². The molecule has 160 valence electrons. The van der Waals surface area contributed by atoms with E-state index in [2.05, 4.69) is 27.0 Å². The van der Waals surface area contributed by atoms with Gasteiger partial charge in [-0.3, -0.25) is 5.41 Å². The molecule has 0 atom stereocenters. The van der Waals surface area contributed by atoms with Crippen LogP contribution >= 0.6 is 0 Å². The van der Waals surface area contributed by atoms with Gasteiger partial charge in [0.2, 0.25) is 0 Å². The fraction of sp³-hybridized carbons (Fsp3) is 0.333. The highest BCUT2D eigenvalue weighted by Gasteiger charge is 2.31. The van der Waals surface area contributed by atoms with E-state index >= 15 is 0 Å². The molecular weight excluding hydrogens is 390 g/mol. The van der Waals surface area contributed by atoms with Crippen molar-refractivity contribution in [2.75, 3.05) is 36.0 Å². The van der Waals surface area contributed by atoms with Crippen LogP contribution in [0.5, 0.6) is 5.75 Å². The van der Waals surface area contributed by atoms with Crippen LogP contribution in [-0.4, -0.2) is 47.2 Å². The Balaban J connectivity index is 1.43. The zero-order chi connectivity index (χ0) is 21.4. The van der Waals surface area contributed by atoms with Gasteiger partial charge in [0.05, 0.1) is 29.8 Å². The van der Waals surface area contributed by atoms with Crippen LogP contribution in [0.3, 0.4) is 0 Å². The van der Waals surface area contributed by atoms with E-state index in [0.717, 1.165) is 35.6 Å². The molecule has 5 rings (SSSR count). The fourth-order valence-electron chi connectivity index (χ4n) is 4.42. The van der Waals surface area contributed by atoms with Crippen LogP contribution in [0.1, 0.15) is 32.0 Å². The third-order valence-electron chi connectivity index (χ3n) is 5.97. The Hall–Kier alpha value is -3.48. The zero-order valence-corrected chi connectivity index (χ0v) is 17.7. The Morgan fingerprint density at radius 3 is 2.74 bits per heavy atom. The minimum atomic E-state index is 0.141. The number of fused-ring (bicyclic) bond motifs is 1. The van der Waals surface area contributed by atoms with Crippen LogP contribution in [0.25, 0.3) is 16.6 Å². The van der Waals surface area contributed by atoms with Crippen LogP contribution in [0, 0.1) is 5.41 Å². The molecule has 2 aliphatic heterocycles. The van der Waals surface area contributed by atoms with E-state index in [1.54, 1.807) is 4.90 Å². The van der Waals surface area contributed by atoms with E-state index in [0.29, 0.717) is 18.0 Å². The maximum atomic E-state index is 10.7. The van der Waals surface area contributed by atoms with Gasteiger partial charge in [0.25, 0.3) is 0 Å². The minimum absolute atomic E-state index is 0.141. The molecule has 7 nitrogen and oxygen atoms in total. The van der Waals surface area contributed by atoms with E-state index in [1.165, 1.54) is 24.9 Å². The number of aliphatic hydroxyl groups excluding tert-OH is 1. The largest absolute Gasteiger partial charge is 0.509 e. The molecule has 7 heteroatoms. The van der Waals surface area contributed by atoms with Crippen LogP contribution in [-0.2, 0) is 0 Å². The Morgan fingerprint density at radius 1 is 1.10 bits per heavy atom. The van der Waals surface area contributed by atoms with E-state index in [4.69, 9.17) is 10.1 Å². The van der Waals surface area contributed by atoms with Gasteiger partial charge in [0.1, 0.15) is 23.2 Å². The Morgan fingerprint density at radius 2 is 1.94 bits per heavy atom. The summed E-state index contributed by atoms with van der Waals surface area (Å²) in [5.41, 5.74) is 4.19. The first-order chi connectivity index (χ1) is 15.1. The highest BCUT2D eigenvalue weighted by atomic mass is 16.5. The van der Waals surface area contributed by atoms with Crippen molar-refractivity contribution in [2.24, 2.45) is 0 Å². The number of amidine groups is 1. The topological polar surface area (TPSA) is 88.5 Å². The average Bonchev–Trinajstić information content (AvgIpc) is 3.34. The molecule has 0 unspecified atom stereocenters. The Kier molecular flexibility index (Phi) is 5.02. The van der Waals surface area contributed by atoms with Gasteiger partial charge in [-0.25, -0.2) is 4.98 Å². The summed E-state index contributed by atoms with van der Waals surface area (Å²) in [4.78, 5) is 12.2. The number of nitrogens with zero attached hydrogens (tertiary/aromatic N) is 3. The van der Waals surface area contributed by atoms with E-state index < -0.39 is 0 Å². The molecule has 2 aliphatic rings. The standard InChI is InChI=1S/C24H27N5O2/c1-2-31-18-8-6-7-17(13-18)29-15-21(30)22(23(29)25)24-26-19-10-9-16(14-20(19)27-24)28-11-4-3-5-12-28/h6-10,13-14,25,30H,2-5,11-12,15H2,1H3,(H,26,27). The number of aromatic amines is 1. The summed E-state index contributed by atoms with van der Waals surface area (Å²) in [7, 11) is 0. The number of imidazole rings is 1. The normalized spacial score (nSPS) is 17.1. The lowest BCUT2D eigenvalue weighted by Crippen LogP contribution is -2.29. The molecule has 2 aromatic carbocycles. The maximum Gasteiger partial charge on any atom is 0.145 e. The van der Waals surface area contributed by atoms with E-state index in [9.17, 15) is 5.11 Å². The van der Waals surface area contributed by atoms with Crippen molar-refractivity contribution in [1.29, 1.82) is 5.41 Å². The van der Waals surface area contributed by atoms with Crippen LogP contribution in [0.15, 0.2) is 48.2 Å².